The Kier molecular flexibility index (Phi) is 6.24. The Morgan fingerprint density at radius 3 is 1.35 bits per heavy atom. The largest absolute Gasteiger partial charge is 0.310 e. The van der Waals surface area contributed by atoms with E-state index in [0.29, 0.717) is 0 Å². The molecule has 0 heterocycles. The molecule has 9 rings (SSSR count). The van der Waals surface area contributed by atoms with Gasteiger partial charge in [-0.15, -0.1) is 0 Å². The lowest BCUT2D eigenvalue weighted by Crippen LogP contribution is -2.26. The van der Waals surface area contributed by atoms with E-state index in [2.05, 4.69) is 181 Å². The highest BCUT2D eigenvalue weighted by Crippen LogP contribution is 2.56. The Morgan fingerprint density at radius 1 is 0.348 bits per heavy atom. The summed E-state index contributed by atoms with van der Waals surface area (Å²) in [5, 5.41) is 0. The van der Waals surface area contributed by atoms with Crippen LogP contribution in [0.4, 0.5) is 17.1 Å². The van der Waals surface area contributed by atoms with Gasteiger partial charge in [0, 0.05) is 22.5 Å². The summed E-state index contributed by atoms with van der Waals surface area (Å²) < 4.78 is 0. The van der Waals surface area contributed by atoms with Crippen molar-refractivity contribution < 1.29 is 0 Å². The van der Waals surface area contributed by atoms with Gasteiger partial charge in [-0.2, -0.15) is 0 Å². The van der Waals surface area contributed by atoms with Crippen LogP contribution >= 0.6 is 0 Å². The van der Waals surface area contributed by atoms with Crippen LogP contribution in [0.1, 0.15) is 22.3 Å². The van der Waals surface area contributed by atoms with Gasteiger partial charge < -0.3 is 4.90 Å². The maximum absolute atomic E-state index is 2.48. The minimum atomic E-state index is -0.0500. The monoisotopic (exact) mass is 587 g/mol. The summed E-state index contributed by atoms with van der Waals surface area (Å²) in [5.74, 6) is 0. The first-order chi connectivity index (χ1) is 22.8. The minimum Gasteiger partial charge on any atom is -0.310 e. The lowest BCUT2D eigenvalue weighted by Gasteiger charge is -2.30. The summed E-state index contributed by atoms with van der Waals surface area (Å²) in [6, 6.07) is 64.5. The average Bonchev–Trinajstić information content (AvgIpc) is 3.65. The Hall–Kier alpha value is -5.66. The van der Waals surface area contributed by atoms with Crippen LogP contribution in [0.2, 0.25) is 0 Å². The number of fused-ring (bicyclic) bond motifs is 6. The van der Waals surface area contributed by atoms with Gasteiger partial charge >= 0.3 is 0 Å². The topological polar surface area (TPSA) is 3.24 Å². The SMILES string of the molecule is c1ccc(-c2ccc(N(c3ccc(-c4ccccc4)cc3)c3ccc4c(c3)C3(Cc5ccccc5C3)c3ccccc3-4)cc2)cc1. The van der Waals surface area contributed by atoms with Gasteiger partial charge in [0.05, 0.1) is 0 Å². The lowest BCUT2D eigenvalue weighted by atomic mass is 9.75. The first kappa shape index (κ1) is 26.7. The van der Waals surface area contributed by atoms with Crippen LogP contribution in [-0.2, 0) is 18.3 Å². The van der Waals surface area contributed by atoms with Gasteiger partial charge in [-0.3, -0.25) is 0 Å². The average molecular weight is 588 g/mol. The Morgan fingerprint density at radius 2 is 0.783 bits per heavy atom. The van der Waals surface area contributed by atoms with Crippen LogP contribution in [-0.4, -0.2) is 0 Å². The smallest absolute Gasteiger partial charge is 0.0465 e. The van der Waals surface area contributed by atoms with Crippen LogP contribution in [0.25, 0.3) is 33.4 Å². The molecule has 2 aliphatic rings. The molecule has 0 unspecified atom stereocenters. The van der Waals surface area contributed by atoms with Crippen LogP contribution in [0.15, 0.2) is 176 Å². The molecule has 0 aromatic heterocycles. The van der Waals surface area contributed by atoms with E-state index in [1.807, 2.05) is 0 Å². The molecule has 0 saturated heterocycles. The molecule has 1 spiro atoms. The Bertz CT molecular complexity index is 2070. The van der Waals surface area contributed by atoms with E-state index in [4.69, 9.17) is 0 Å². The van der Waals surface area contributed by atoms with Crippen molar-refractivity contribution in [3.05, 3.63) is 198 Å². The minimum absolute atomic E-state index is 0.0500. The Labute approximate surface area is 271 Å². The second-order valence-corrected chi connectivity index (χ2v) is 12.6. The molecule has 0 radical (unpaired) electrons. The van der Waals surface area contributed by atoms with Gasteiger partial charge in [0.2, 0.25) is 0 Å². The molecule has 0 saturated carbocycles. The highest BCUT2D eigenvalue weighted by molar-refractivity contribution is 5.87. The van der Waals surface area contributed by atoms with Crippen molar-refractivity contribution in [1.82, 2.24) is 0 Å². The van der Waals surface area contributed by atoms with E-state index in [1.54, 1.807) is 0 Å². The fourth-order valence-electron chi connectivity index (χ4n) is 7.89. The molecule has 7 aromatic rings. The maximum atomic E-state index is 2.48. The first-order valence-electron chi connectivity index (χ1n) is 16.2. The molecular formula is C45H33N. The van der Waals surface area contributed by atoms with Crippen molar-refractivity contribution >= 4 is 17.1 Å². The zero-order valence-electron chi connectivity index (χ0n) is 25.6. The lowest BCUT2D eigenvalue weighted by molar-refractivity contribution is 0.563. The van der Waals surface area contributed by atoms with Crippen molar-refractivity contribution in [3.63, 3.8) is 0 Å². The van der Waals surface area contributed by atoms with E-state index in [-0.39, 0.29) is 5.41 Å². The number of hydrogen-bond donors (Lipinski definition) is 0. The van der Waals surface area contributed by atoms with Gasteiger partial charge in [0.1, 0.15) is 0 Å². The summed E-state index contributed by atoms with van der Waals surface area (Å²) in [6.07, 6.45) is 2.07. The van der Waals surface area contributed by atoms with Crippen LogP contribution in [0.5, 0.6) is 0 Å². The standard InChI is InChI=1S/C45H33N/c1-3-11-32(12-4-1)34-19-23-38(24-20-34)46(39-25-21-35(22-26-39)33-13-5-2-6-14-33)40-27-28-42-41-17-9-10-18-43(41)45(44(42)29-40)30-36-15-7-8-16-37(36)31-45/h1-29H,30-31H2. The Balaban J connectivity index is 1.19. The highest BCUT2D eigenvalue weighted by Gasteiger charge is 2.47. The molecule has 46 heavy (non-hydrogen) atoms. The molecule has 0 bridgehead atoms. The molecule has 0 fully saturated rings. The van der Waals surface area contributed by atoms with Gasteiger partial charge in [0.15, 0.2) is 0 Å². The van der Waals surface area contributed by atoms with E-state index in [1.165, 1.54) is 61.3 Å². The van der Waals surface area contributed by atoms with Gasteiger partial charge in [-0.25, -0.2) is 0 Å². The summed E-state index contributed by atoms with van der Waals surface area (Å²) in [5.41, 5.74) is 16.9. The normalized spacial score (nSPS) is 13.7. The molecule has 0 amide bonds. The molecule has 7 aromatic carbocycles. The van der Waals surface area contributed by atoms with Crippen LogP contribution < -0.4 is 4.90 Å². The van der Waals surface area contributed by atoms with Crippen molar-refractivity contribution in [2.45, 2.75) is 18.3 Å². The fourth-order valence-corrected chi connectivity index (χ4v) is 7.89. The van der Waals surface area contributed by atoms with E-state index in [0.717, 1.165) is 24.2 Å². The molecule has 0 N–H and O–H groups in total. The van der Waals surface area contributed by atoms with E-state index in [9.17, 15) is 0 Å². The third-order valence-corrected chi connectivity index (χ3v) is 10.1. The quantitative estimate of drug-likeness (QED) is 0.194. The summed E-state index contributed by atoms with van der Waals surface area (Å²) in [7, 11) is 0. The van der Waals surface area contributed by atoms with Crippen molar-refractivity contribution in [2.24, 2.45) is 0 Å². The molecular weight excluding hydrogens is 555 g/mol. The molecule has 0 atom stereocenters. The predicted octanol–water partition coefficient (Wildman–Crippen LogP) is 11.6. The van der Waals surface area contributed by atoms with Gasteiger partial charge in [-0.05, 0) is 105 Å². The number of benzene rings is 7. The molecule has 1 heteroatoms. The zero-order valence-corrected chi connectivity index (χ0v) is 25.6. The number of anilines is 3. The molecule has 218 valence electrons. The van der Waals surface area contributed by atoms with Gasteiger partial charge in [0.25, 0.3) is 0 Å². The van der Waals surface area contributed by atoms with E-state index >= 15 is 0 Å². The summed E-state index contributed by atoms with van der Waals surface area (Å²) in [4.78, 5) is 2.42. The third kappa shape index (κ3) is 4.31. The highest BCUT2D eigenvalue weighted by atomic mass is 15.1. The maximum Gasteiger partial charge on any atom is 0.0465 e. The summed E-state index contributed by atoms with van der Waals surface area (Å²) >= 11 is 0. The van der Waals surface area contributed by atoms with Crippen molar-refractivity contribution in [3.8, 4) is 33.4 Å². The van der Waals surface area contributed by atoms with E-state index < -0.39 is 0 Å². The predicted molar refractivity (Wildman–Crippen MR) is 192 cm³/mol. The zero-order chi connectivity index (χ0) is 30.5. The summed E-state index contributed by atoms with van der Waals surface area (Å²) in [6.45, 7) is 0. The van der Waals surface area contributed by atoms with Crippen molar-refractivity contribution in [1.29, 1.82) is 0 Å². The molecule has 0 aliphatic heterocycles. The van der Waals surface area contributed by atoms with Crippen LogP contribution in [0, 0.1) is 0 Å². The second-order valence-electron chi connectivity index (χ2n) is 12.6. The number of rotatable bonds is 5. The fraction of sp³-hybridized carbons (Fsp3) is 0.0667. The molecule has 1 nitrogen and oxygen atoms in total. The number of hydrogen-bond acceptors (Lipinski definition) is 1. The van der Waals surface area contributed by atoms with Crippen molar-refractivity contribution in [2.75, 3.05) is 4.90 Å². The first-order valence-corrected chi connectivity index (χ1v) is 16.2. The van der Waals surface area contributed by atoms with Crippen LogP contribution in [0.3, 0.4) is 0 Å². The third-order valence-electron chi connectivity index (χ3n) is 10.1. The molecule has 2 aliphatic carbocycles. The second kappa shape index (κ2) is 10.8. The van der Waals surface area contributed by atoms with Gasteiger partial charge in [-0.1, -0.05) is 140 Å². The number of nitrogens with zero attached hydrogens (tertiary/aromatic N) is 1.